The van der Waals surface area contributed by atoms with Crippen LogP contribution in [0.25, 0.3) is 11.1 Å². The topological polar surface area (TPSA) is 113 Å². The Balaban J connectivity index is 1.17. The summed E-state index contributed by atoms with van der Waals surface area (Å²) in [6.45, 7) is 0.514. The maximum atomic E-state index is 13.7. The normalized spacial score (nSPS) is 31.7. The van der Waals surface area contributed by atoms with E-state index in [-0.39, 0.29) is 29.8 Å². The second-order valence-corrected chi connectivity index (χ2v) is 13.7. The number of hydrogen-bond donors (Lipinski definition) is 2. The van der Waals surface area contributed by atoms with Crippen LogP contribution in [-0.2, 0) is 19.8 Å². The molecule has 5 fully saturated rings. The highest BCUT2D eigenvalue weighted by atomic mass is 32.2. The summed E-state index contributed by atoms with van der Waals surface area (Å²) in [7, 11) is -3.87. The van der Waals surface area contributed by atoms with Crippen molar-refractivity contribution in [3.63, 3.8) is 0 Å². The van der Waals surface area contributed by atoms with Crippen LogP contribution in [0.5, 0.6) is 0 Å². The van der Waals surface area contributed by atoms with Crippen LogP contribution in [0.1, 0.15) is 44.9 Å². The highest BCUT2D eigenvalue weighted by molar-refractivity contribution is 7.90. The molecule has 0 aromatic heterocycles. The summed E-state index contributed by atoms with van der Waals surface area (Å²) < 4.78 is 30.2. The lowest BCUT2D eigenvalue weighted by Gasteiger charge is -2.60. The maximum Gasteiger partial charge on any atom is 0.304 e. The Morgan fingerprint density at radius 2 is 1.63 bits per heavy atom. The van der Waals surface area contributed by atoms with E-state index in [4.69, 9.17) is 5.73 Å². The lowest BCUT2D eigenvalue weighted by Crippen LogP contribution is -2.61. The first kappa shape index (κ1) is 25.4. The Morgan fingerprint density at radius 1 is 0.947 bits per heavy atom. The van der Waals surface area contributed by atoms with Crippen LogP contribution < -0.4 is 15.4 Å². The molecule has 4 saturated carbocycles. The Hall–Kier alpha value is -2.91. The van der Waals surface area contributed by atoms with Gasteiger partial charge in [-0.2, -0.15) is 12.7 Å². The van der Waals surface area contributed by atoms with E-state index in [0.29, 0.717) is 49.4 Å². The van der Waals surface area contributed by atoms with E-state index in [9.17, 15) is 18.0 Å². The van der Waals surface area contributed by atoms with Gasteiger partial charge in [0, 0.05) is 31.1 Å². The molecule has 5 aliphatic rings. The molecule has 2 unspecified atom stereocenters. The zero-order chi connectivity index (χ0) is 26.5. The second-order valence-electron chi connectivity index (χ2n) is 11.9. The molecule has 1 heterocycles. The average molecular weight is 537 g/mol. The summed E-state index contributed by atoms with van der Waals surface area (Å²) in [4.78, 5) is 25.0. The fourth-order valence-corrected chi connectivity index (χ4v) is 9.81. The van der Waals surface area contributed by atoms with Gasteiger partial charge >= 0.3 is 10.2 Å². The highest BCUT2D eigenvalue weighted by Gasteiger charge is 2.56. The number of carbonyl (C=O) groups is 2. The fraction of sp³-hybridized carbons (Fsp3) is 0.517. The lowest BCUT2D eigenvalue weighted by molar-refractivity contribution is -0.134. The number of para-hydroxylation sites is 1. The van der Waals surface area contributed by atoms with Gasteiger partial charge in [0.1, 0.15) is 0 Å². The first-order valence-corrected chi connectivity index (χ1v) is 15.1. The van der Waals surface area contributed by atoms with Crippen molar-refractivity contribution < 1.29 is 18.0 Å². The molecule has 202 valence electrons. The molecule has 7 rings (SSSR count). The Morgan fingerprint density at radius 3 is 2.34 bits per heavy atom. The van der Waals surface area contributed by atoms with Gasteiger partial charge in [0.05, 0.1) is 12.2 Å². The molecule has 3 N–H and O–H groups in total. The molecule has 2 aromatic rings. The molecular formula is C29H36N4O4S. The van der Waals surface area contributed by atoms with Gasteiger partial charge in [0.2, 0.25) is 11.8 Å². The molecule has 0 spiro atoms. The zero-order valence-corrected chi connectivity index (χ0v) is 22.4. The van der Waals surface area contributed by atoms with Crippen molar-refractivity contribution in [1.82, 2.24) is 9.62 Å². The van der Waals surface area contributed by atoms with Crippen molar-refractivity contribution in [2.24, 2.45) is 28.9 Å². The molecule has 2 aromatic carbocycles. The lowest BCUT2D eigenvalue weighted by atomic mass is 9.47. The summed E-state index contributed by atoms with van der Waals surface area (Å²) in [6.07, 6.45) is 6.10. The molecule has 0 radical (unpaired) electrons. The zero-order valence-electron chi connectivity index (χ0n) is 21.6. The molecule has 38 heavy (non-hydrogen) atoms. The van der Waals surface area contributed by atoms with Gasteiger partial charge in [0.25, 0.3) is 0 Å². The van der Waals surface area contributed by atoms with Crippen LogP contribution in [-0.4, -0.2) is 50.2 Å². The predicted molar refractivity (Wildman–Crippen MR) is 146 cm³/mol. The van der Waals surface area contributed by atoms with Crippen LogP contribution in [0.2, 0.25) is 0 Å². The van der Waals surface area contributed by atoms with Crippen LogP contribution in [0.15, 0.2) is 54.6 Å². The van der Waals surface area contributed by atoms with E-state index in [1.165, 1.54) is 8.61 Å². The summed E-state index contributed by atoms with van der Waals surface area (Å²) in [5.74, 6) is 0.781. The second kappa shape index (κ2) is 9.68. The van der Waals surface area contributed by atoms with E-state index in [0.717, 1.165) is 43.2 Å². The van der Waals surface area contributed by atoms with Gasteiger partial charge in [-0.1, -0.05) is 48.5 Å². The van der Waals surface area contributed by atoms with Crippen molar-refractivity contribution in [1.29, 1.82) is 0 Å². The van der Waals surface area contributed by atoms with E-state index < -0.39 is 10.2 Å². The molecule has 4 aliphatic carbocycles. The van der Waals surface area contributed by atoms with E-state index in [2.05, 4.69) is 5.32 Å². The number of nitrogens with one attached hydrogen (secondary N) is 1. The minimum absolute atomic E-state index is 0.00752. The Bertz CT molecular complexity index is 1320. The summed E-state index contributed by atoms with van der Waals surface area (Å²) >= 11 is 0. The van der Waals surface area contributed by atoms with Gasteiger partial charge in [-0.15, -0.1) is 0 Å². The molecule has 1 saturated heterocycles. The molecule has 9 heteroatoms. The quantitative estimate of drug-likeness (QED) is 0.565. The standard InChI is InChI=1S/C29H36N4O4S/c30-26(34)18-29-15-20-13-22(16-29)28(23(14-20)17-29)31-27(35)19-32-11-6-12-33(38(32,36)37)25-10-5-4-9-24(25)21-7-2-1-3-8-21/h1-5,7-10,20,22-23,28H,6,11-19H2,(H2,30,34)(H,31,35). The van der Waals surface area contributed by atoms with Crippen molar-refractivity contribution in [2.45, 2.75) is 51.0 Å². The number of anilines is 1. The summed E-state index contributed by atoms with van der Waals surface area (Å²) in [5, 5.41) is 3.23. The monoisotopic (exact) mass is 536 g/mol. The smallest absolute Gasteiger partial charge is 0.304 e. The van der Waals surface area contributed by atoms with Gasteiger partial charge < -0.3 is 11.1 Å². The number of amides is 2. The molecule has 4 bridgehead atoms. The molecule has 8 nitrogen and oxygen atoms in total. The van der Waals surface area contributed by atoms with Crippen molar-refractivity contribution in [3.05, 3.63) is 54.6 Å². The molecule has 2 amide bonds. The van der Waals surface area contributed by atoms with Crippen molar-refractivity contribution in [2.75, 3.05) is 23.9 Å². The van der Waals surface area contributed by atoms with Crippen LogP contribution in [0.4, 0.5) is 5.69 Å². The first-order valence-electron chi connectivity index (χ1n) is 13.7. The van der Waals surface area contributed by atoms with E-state index in [1.807, 2.05) is 54.6 Å². The number of benzene rings is 2. The fourth-order valence-electron chi connectivity index (χ4n) is 8.13. The van der Waals surface area contributed by atoms with Gasteiger partial charge in [-0.05, 0) is 73.3 Å². The third-order valence-corrected chi connectivity index (χ3v) is 11.1. The van der Waals surface area contributed by atoms with Crippen LogP contribution in [0.3, 0.4) is 0 Å². The van der Waals surface area contributed by atoms with E-state index >= 15 is 0 Å². The SMILES string of the molecule is NC(=O)CC12CC3CC(C1)C(NC(=O)CN1CCCN(c4ccccc4-c4ccccc4)S1(=O)=O)C(C3)C2. The van der Waals surface area contributed by atoms with Crippen LogP contribution >= 0.6 is 0 Å². The largest absolute Gasteiger partial charge is 0.370 e. The Labute approximate surface area is 224 Å². The summed E-state index contributed by atoms with van der Waals surface area (Å²) in [6, 6.07) is 17.3. The number of nitrogens with zero attached hydrogens (tertiary/aromatic N) is 2. The maximum absolute atomic E-state index is 13.7. The minimum atomic E-state index is -3.87. The molecule has 1 aliphatic heterocycles. The number of primary amides is 1. The summed E-state index contributed by atoms with van der Waals surface area (Å²) in [5.41, 5.74) is 8.00. The Kier molecular flexibility index (Phi) is 6.46. The van der Waals surface area contributed by atoms with Crippen LogP contribution in [0, 0.1) is 23.2 Å². The van der Waals surface area contributed by atoms with Gasteiger partial charge in [-0.3, -0.25) is 13.9 Å². The molecular weight excluding hydrogens is 500 g/mol. The third-order valence-electron chi connectivity index (χ3n) is 9.23. The molecule has 2 atom stereocenters. The van der Waals surface area contributed by atoms with Gasteiger partial charge in [-0.25, -0.2) is 0 Å². The number of hydrogen-bond acceptors (Lipinski definition) is 4. The number of carbonyl (C=O) groups excluding carboxylic acids is 2. The number of nitrogens with two attached hydrogens (primary N) is 1. The number of rotatable bonds is 7. The van der Waals surface area contributed by atoms with Gasteiger partial charge in [0.15, 0.2) is 0 Å². The first-order chi connectivity index (χ1) is 18.2. The predicted octanol–water partition coefficient (Wildman–Crippen LogP) is 3.30. The van der Waals surface area contributed by atoms with Crippen molar-refractivity contribution in [3.8, 4) is 11.1 Å². The third kappa shape index (κ3) is 4.60. The minimum Gasteiger partial charge on any atom is -0.370 e. The average Bonchev–Trinajstić information content (AvgIpc) is 2.87. The highest BCUT2D eigenvalue weighted by Crippen LogP contribution is 2.61. The van der Waals surface area contributed by atoms with Crippen molar-refractivity contribution >= 4 is 27.7 Å². The van der Waals surface area contributed by atoms with E-state index in [1.54, 1.807) is 0 Å².